The number of rotatable bonds is 6. The van der Waals surface area contributed by atoms with Gasteiger partial charge in [0.15, 0.2) is 0 Å². The summed E-state index contributed by atoms with van der Waals surface area (Å²) in [5, 5.41) is 0. The fourth-order valence-electron chi connectivity index (χ4n) is 4.14. The molecule has 0 heteroatoms. The van der Waals surface area contributed by atoms with Crippen LogP contribution >= 0.6 is 0 Å². The van der Waals surface area contributed by atoms with E-state index in [0.29, 0.717) is 0 Å². The zero-order valence-electron chi connectivity index (χ0n) is 17.3. The Kier molecular flexibility index (Phi) is 5.77. The van der Waals surface area contributed by atoms with E-state index < -0.39 is 5.41 Å². The standard InChI is InChI=1S/C30H26/c1-24(2)30(27-19-11-5-12-20-27,28-21-13-6-14-22-28)23-29(25-15-7-3-8-16-25)26-17-9-4-10-18-26/h3-23H,1H2,2H3. The fraction of sp³-hybridized carbons (Fsp3) is 0.0667. The highest BCUT2D eigenvalue weighted by atomic mass is 14.4. The third-order valence-electron chi connectivity index (χ3n) is 5.66. The molecule has 0 saturated heterocycles. The maximum atomic E-state index is 4.48. The van der Waals surface area contributed by atoms with E-state index in [0.717, 1.165) is 5.57 Å². The molecule has 4 rings (SSSR count). The van der Waals surface area contributed by atoms with Gasteiger partial charge in [-0.3, -0.25) is 0 Å². The average Bonchev–Trinajstić information content (AvgIpc) is 2.82. The Bertz CT molecular complexity index is 1040. The first-order valence-corrected chi connectivity index (χ1v) is 10.3. The van der Waals surface area contributed by atoms with E-state index in [1.54, 1.807) is 0 Å². The third kappa shape index (κ3) is 3.77. The lowest BCUT2D eigenvalue weighted by Crippen LogP contribution is -2.27. The van der Waals surface area contributed by atoms with Crippen molar-refractivity contribution in [3.8, 4) is 0 Å². The van der Waals surface area contributed by atoms with E-state index in [2.05, 4.69) is 141 Å². The zero-order chi connectivity index (χ0) is 20.8. The number of allylic oxidation sites excluding steroid dienone is 2. The van der Waals surface area contributed by atoms with E-state index in [9.17, 15) is 0 Å². The minimum Gasteiger partial charge on any atom is -0.0986 e. The maximum Gasteiger partial charge on any atom is 0.0595 e. The minimum absolute atomic E-state index is 0.441. The van der Waals surface area contributed by atoms with E-state index in [1.807, 2.05) is 0 Å². The van der Waals surface area contributed by atoms with Crippen molar-refractivity contribution in [3.05, 3.63) is 162 Å². The van der Waals surface area contributed by atoms with Crippen LogP contribution < -0.4 is 0 Å². The summed E-state index contributed by atoms with van der Waals surface area (Å²) in [6.45, 7) is 6.61. The van der Waals surface area contributed by atoms with Crippen LogP contribution in [0.3, 0.4) is 0 Å². The third-order valence-corrected chi connectivity index (χ3v) is 5.66. The van der Waals surface area contributed by atoms with Crippen molar-refractivity contribution in [2.45, 2.75) is 12.3 Å². The minimum atomic E-state index is -0.441. The van der Waals surface area contributed by atoms with Gasteiger partial charge in [-0.2, -0.15) is 0 Å². The van der Waals surface area contributed by atoms with E-state index >= 15 is 0 Å². The van der Waals surface area contributed by atoms with Crippen LogP contribution in [0.4, 0.5) is 0 Å². The molecule has 0 aromatic heterocycles. The predicted molar refractivity (Wildman–Crippen MR) is 128 cm³/mol. The Morgan fingerprint density at radius 2 is 0.900 bits per heavy atom. The first-order valence-electron chi connectivity index (χ1n) is 10.3. The summed E-state index contributed by atoms with van der Waals surface area (Å²) in [5.74, 6) is 0. The Morgan fingerprint density at radius 3 is 1.23 bits per heavy atom. The van der Waals surface area contributed by atoms with Crippen molar-refractivity contribution in [2.24, 2.45) is 0 Å². The molecule has 146 valence electrons. The maximum absolute atomic E-state index is 4.48. The zero-order valence-corrected chi connectivity index (χ0v) is 17.3. The second-order valence-corrected chi connectivity index (χ2v) is 7.61. The Labute approximate surface area is 179 Å². The van der Waals surface area contributed by atoms with Gasteiger partial charge in [-0.1, -0.05) is 140 Å². The largest absolute Gasteiger partial charge is 0.0986 e. The number of benzene rings is 4. The molecule has 0 atom stereocenters. The molecule has 0 bridgehead atoms. The van der Waals surface area contributed by atoms with Gasteiger partial charge >= 0.3 is 0 Å². The van der Waals surface area contributed by atoms with Crippen LogP contribution in [0, 0.1) is 0 Å². The van der Waals surface area contributed by atoms with Gasteiger partial charge in [0.25, 0.3) is 0 Å². The van der Waals surface area contributed by atoms with Crippen molar-refractivity contribution in [1.29, 1.82) is 0 Å². The van der Waals surface area contributed by atoms with Gasteiger partial charge in [0.05, 0.1) is 5.41 Å². The van der Waals surface area contributed by atoms with Crippen molar-refractivity contribution < 1.29 is 0 Å². The molecule has 0 aliphatic heterocycles. The molecule has 0 nitrogen and oxygen atoms in total. The highest BCUT2D eigenvalue weighted by Gasteiger charge is 2.34. The summed E-state index contributed by atoms with van der Waals surface area (Å²) >= 11 is 0. The molecule has 0 radical (unpaired) electrons. The van der Waals surface area contributed by atoms with E-state index in [4.69, 9.17) is 0 Å². The van der Waals surface area contributed by atoms with Crippen LogP contribution in [0.1, 0.15) is 29.2 Å². The molecule has 0 amide bonds. The summed E-state index contributed by atoms with van der Waals surface area (Å²) in [7, 11) is 0. The van der Waals surface area contributed by atoms with E-state index in [-0.39, 0.29) is 0 Å². The Hall–Kier alpha value is -3.64. The average molecular weight is 387 g/mol. The molecular weight excluding hydrogens is 360 g/mol. The summed E-state index contributed by atoms with van der Waals surface area (Å²) in [4.78, 5) is 0. The molecule has 0 N–H and O–H groups in total. The van der Waals surface area contributed by atoms with Crippen molar-refractivity contribution >= 4 is 5.57 Å². The first kappa shape index (κ1) is 19.7. The molecule has 0 aliphatic carbocycles. The molecule has 0 saturated carbocycles. The van der Waals surface area contributed by atoms with Gasteiger partial charge in [-0.15, -0.1) is 0 Å². The summed E-state index contributed by atoms with van der Waals surface area (Å²) in [6, 6.07) is 42.6. The molecule has 4 aromatic carbocycles. The Balaban J connectivity index is 2.07. The highest BCUT2D eigenvalue weighted by Crippen LogP contribution is 2.43. The second-order valence-electron chi connectivity index (χ2n) is 7.61. The second kappa shape index (κ2) is 8.80. The monoisotopic (exact) mass is 386 g/mol. The van der Waals surface area contributed by atoms with Gasteiger partial charge in [0.2, 0.25) is 0 Å². The lowest BCUT2D eigenvalue weighted by molar-refractivity contribution is 0.761. The van der Waals surface area contributed by atoms with Gasteiger partial charge < -0.3 is 0 Å². The van der Waals surface area contributed by atoms with Crippen LogP contribution in [0.15, 0.2) is 140 Å². The fourth-order valence-corrected chi connectivity index (χ4v) is 4.14. The lowest BCUT2D eigenvalue weighted by Gasteiger charge is -2.34. The number of hydrogen-bond acceptors (Lipinski definition) is 0. The van der Waals surface area contributed by atoms with Crippen LogP contribution in [0.25, 0.3) is 5.57 Å². The molecule has 0 heterocycles. The normalized spacial score (nSPS) is 11.0. The predicted octanol–water partition coefficient (Wildman–Crippen LogP) is 7.68. The lowest BCUT2D eigenvalue weighted by atomic mass is 9.68. The highest BCUT2D eigenvalue weighted by molar-refractivity contribution is 5.82. The molecular formula is C30H26. The topological polar surface area (TPSA) is 0 Å². The number of hydrogen-bond donors (Lipinski definition) is 0. The van der Waals surface area contributed by atoms with Gasteiger partial charge in [0.1, 0.15) is 0 Å². The first-order chi connectivity index (χ1) is 14.7. The van der Waals surface area contributed by atoms with Crippen molar-refractivity contribution in [3.63, 3.8) is 0 Å². The molecule has 30 heavy (non-hydrogen) atoms. The summed E-state index contributed by atoms with van der Waals surface area (Å²) < 4.78 is 0. The SMILES string of the molecule is C=C(C)C(C=C(c1ccccc1)c1ccccc1)(c1ccccc1)c1ccccc1. The van der Waals surface area contributed by atoms with Crippen LogP contribution in [-0.2, 0) is 5.41 Å². The summed E-state index contributed by atoms with van der Waals surface area (Å²) in [5.41, 5.74) is 6.67. The van der Waals surface area contributed by atoms with E-state index in [1.165, 1.54) is 27.8 Å². The van der Waals surface area contributed by atoms with Crippen molar-refractivity contribution in [1.82, 2.24) is 0 Å². The van der Waals surface area contributed by atoms with Crippen LogP contribution in [-0.4, -0.2) is 0 Å². The molecule has 0 fully saturated rings. The molecule has 0 aliphatic rings. The molecule has 0 unspecified atom stereocenters. The smallest absolute Gasteiger partial charge is 0.0595 e. The quantitative estimate of drug-likeness (QED) is 0.298. The van der Waals surface area contributed by atoms with Crippen LogP contribution in [0.2, 0.25) is 0 Å². The van der Waals surface area contributed by atoms with Gasteiger partial charge in [0, 0.05) is 0 Å². The molecule has 4 aromatic rings. The van der Waals surface area contributed by atoms with Crippen LogP contribution in [0.5, 0.6) is 0 Å². The van der Waals surface area contributed by atoms with Gasteiger partial charge in [-0.25, -0.2) is 0 Å². The molecule has 0 spiro atoms. The Morgan fingerprint density at radius 1 is 0.567 bits per heavy atom. The van der Waals surface area contributed by atoms with Gasteiger partial charge in [-0.05, 0) is 34.8 Å². The van der Waals surface area contributed by atoms with Crippen molar-refractivity contribution in [2.75, 3.05) is 0 Å². The summed E-state index contributed by atoms with van der Waals surface area (Å²) in [6.07, 6.45) is 2.39.